The first-order valence-electron chi connectivity index (χ1n) is 5.17. The Morgan fingerprint density at radius 1 is 1.12 bits per heavy atom. The maximum absolute atomic E-state index is 12.7. The van der Waals surface area contributed by atoms with Gasteiger partial charge in [-0.05, 0) is 29.3 Å². The number of hydrogen-bond acceptors (Lipinski definition) is 2. The Morgan fingerprint density at radius 2 is 1.88 bits per heavy atom. The molecule has 0 radical (unpaired) electrons. The van der Waals surface area contributed by atoms with Crippen molar-refractivity contribution in [2.75, 3.05) is 0 Å². The zero-order chi connectivity index (χ0) is 11.4. The molecular formula is C13H13FN2. The van der Waals surface area contributed by atoms with Crippen molar-refractivity contribution in [2.45, 2.75) is 13.0 Å². The molecule has 0 aliphatic rings. The number of benzene rings is 1. The van der Waals surface area contributed by atoms with E-state index in [0.717, 1.165) is 16.8 Å². The minimum atomic E-state index is -0.219. The van der Waals surface area contributed by atoms with Crippen molar-refractivity contribution < 1.29 is 4.39 Å². The van der Waals surface area contributed by atoms with E-state index in [2.05, 4.69) is 4.98 Å². The molecule has 0 unspecified atom stereocenters. The summed E-state index contributed by atoms with van der Waals surface area (Å²) in [6.07, 6.45) is 2.44. The van der Waals surface area contributed by atoms with Gasteiger partial charge >= 0.3 is 0 Å². The molecule has 3 heteroatoms. The van der Waals surface area contributed by atoms with Gasteiger partial charge in [-0.2, -0.15) is 0 Å². The fourth-order valence-electron chi connectivity index (χ4n) is 1.61. The summed E-state index contributed by atoms with van der Waals surface area (Å²) in [5.74, 6) is -0.219. The lowest BCUT2D eigenvalue weighted by Crippen LogP contribution is -2.04. The van der Waals surface area contributed by atoms with Crippen LogP contribution in [0.4, 0.5) is 4.39 Å². The average molecular weight is 216 g/mol. The summed E-state index contributed by atoms with van der Waals surface area (Å²) in [6, 6.07) is 10.3. The monoisotopic (exact) mass is 216 g/mol. The Kier molecular flexibility index (Phi) is 3.27. The van der Waals surface area contributed by atoms with E-state index in [9.17, 15) is 4.39 Å². The average Bonchev–Trinajstić information content (AvgIpc) is 2.33. The van der Waals surface area contributed by atoms with Gasteiger partial charge in [-0.25, -0.2) is 4.39 Å². The number of halogens is 1. The van der Waals surface area contributed by atoms with E-state index in [1.54, 1.807) is 18.3 Å². The smallest absolute Gasteiger partial charge is 0.123 e. The van der Waals surface area contributed by atoms with E-state index in [1.807, 2.05) is 12.1 Å². The van der Waals surface area contributed by atoms with Crippen LogP contribution < -0.4 is 5.73 Å². The van der Waals surface area contributed by atoms with Gasteiger partial charge < -0.3 is 5.73 Å². The molecule has 0 amide bonds. The van der Waals surface area contributed by atoms with Crippen LogP contribution in [0.2, 0.25) is 0 Å². The standard InChI is InChI=1S/C13H13FN2/c14-12-5-3-10(4-6-12)8-13-11(9-15)2-1-7-16-13/h1-7H,8-9,15H2. The molecule has 1 heterocycles. The number of rotatable bonds is 3. The van der Waals surface area contributed by atoms with Gasteiger partial charge in [0.05, 0.1) is 0 Å². The van der Waals surface area contributed by atoms with Crippen LogP contribution in [0.15, 0.2) is 42.6 Å². The normalized spacial score (nSPS) is 10.4. The van der Waals surface area contributed by atoms with Crippen LogP contribution in [-0.4, -0.2) is 4.98 Å². The highest BCUT2D eigenvalue weighted by atomic mass is 19.1. The zero-order valence-corrected chi connectivity index (χ0v) is 8.86. The summed E-state index contributed by atoms with van der Waals surface area (Å²) in [7, 11) is 0. The lowest BCUT2D eigenvalue weighted by Gasteiger charge is -2.06. The quantitative estimate of drug-likeness (QED) is 0.854. The lowest BCUT2D eigenvalue weighted by atomic mass is 10.1. The number of nitrogens with zero attached hydrogens (tertiary/aromatic N) is 1. The highest BCUT2D eigenvalue weighted by Crippen LogP contribution is 2.12. The second-order valence-corrected chi connectivity index (χ2v) is 3.62. The summed E-state index contributed by atoms with van der Waals surface area (Å²) in [5.41, 5.74) is 8.65. The van der Waals surface area contributed by atoms with E-state index in [1.165, 1.54) is 12.1 Å². The highest BCUT2D eigenvalue weighted by Gasteiger charge is 2.03. The van der Waals surface area contributed by atoms with Crippen LogP contribution in [-0.2, 0) is 13.0 Å². The van der Waals surface area contributed by atoms with Gasteiger partial charge in [0.25, 0.3) is 0 Å². The Morgan fingerprint density at radius 3 is 2.56 bits per heavy atom. The first kappa shape index (κ1) is 10.8. The van der Waals surface area contributed by atoms with E-state index >= 15 is 0 Å². The van der Waals surface area contributed by atoms with Crippen molar-refractivity contribution in [3.63, 3.8) is 0 Å². The SMILES string of the molecule is NCc1cccnc1Cc1ccc(F)cc1. The van der Waals surface area contributed by atoms with E-state index in [4.69, 9.17) is 5.73 Å². The summed E-state index contributed by atoms with van der Waals surface area (Å²) < 4.78 is 12.7. The van der Waals surface area contributed by atoms with Crippen LogP contribution >= 0.6 is 0 Å². The molecule has 0 spiro atoms. The molecule has 0 aliphatic carbocycles. The molecule has 82 valence electrons. The molecule has 0 saturated heterocycles. The molecule has 2 N–H and O–H groups in total. The van der Waals surface area contributed by atoms with Crippen LogP contribution in [0.5, 0.6) is 0 Å². The first-order chi connectivity index (χ1) is 7.79. The minimum Gasteiger partial charge on any atom is -0.326 e. The molecule has 0 aliphatic heterocycles. The molecule has 1 aromatic carbocycles. The number of hydrogen-bond donors (Lipinski definition) is 1. The molecule has 0 atom stereocenters. The Labute approximate surface area is 93.9 Å². The summed E-state index contributed by atoms with van der Waals surface area (Å²) in [4.78, 5) is 4.29. The van der Waals surface area contributed by atoms with Crippen LogP contribution in [0.25, 0.3) is 0 Å². The van der Waals surface area contributed by atoms with Crippen LogP contribution in [0.1, 0.15) is 16.8 Å². The van der Waals surface area contributed by atoms with Crippen molar-refractivity contribution in [3.05, 3.63) is 65.2 Å². The predicted molar refractivity (Wildman–Crippen MR) is 61.3 cm³/mol. The minimum absolute atomic E-state index is 0.219. The maximum atomic E-state index is 12.7. The Balaban J connectivity index is 2.23. The molecule has 16 heavy (non-hydrogen) atoms. The zero-order valence-electron chi connectivity index (χ0n) is 8.86. The summed E-state index contributed by atoms with van der Waals surface area (Å²) >= 11 is 0. The van der Waals surface area contributed by atoms with Crippen LogP contribution in [0, 0.1) is 5.82 Å². The largest absolute Gasteiger partial charge is 0.326 e. The molecular weight excluding hydrogens is 203 g/mol. The maximum Gasteiger partial charge on any atom is 0.123 e. The van der Waals surface area contributed by atoms with Gasteiger partial charge in [-0.3, -0.25) is 4.98 Å². The molecule has 0 saturated carbocycles. The molecule has 2 aromatic rings. The third-order valence-electron chi connectivity index (χ3n) is 2.49. The lowest BCUT2D eigenvalue weighted by molar-refractivity contribution is 0.627. The Bertz CT molecular complexity index is 466. The third kappa shape index (κ3) is 2.44. The van der Waals surface area contributed by atoms with Gasteiger partial charge in [-0.15, -0.1) is 0 Å². The third-order valence-corrected chi connectivity index (χ3v) is 2.49. The van der Waals surface area contributed by atoms with Crippen LogP contribution in [0.3, 0.4) is 0 Å². The van der Waals surface area contributed by atoms with Crippen molar-refractivity contribution in [2.24, 2.45) is 5.73 Å². The van der Waals surface area contributed by atoms with Crippen molar-refractivity contribution in [1.82, 2.24) is 4.98 Å². The fraction of sp³-hybridized carbons (Fsp3) is 0.154. The van der Waals surface area contributed by atoms with Gasteiger partial charge in [0, 0.05) is 24.9 Å². The summed E-state index contributed by atoms with van der Waals surface area (Å²) in [5, 5.41) is 0. The van der Waals surface area contributed by atoms with Crippen molar-refractivity contribution >= 4 is 0 Å². The van der Waals surface area contributed by atoms with Crippen molar-refractivity contribution in [3.8, 4) is 0 Å². The number of nitrogens with two attached hydrogens (primary N) is 1. The van der Waals surface area contributed by atoms with Gasteiger partial charge in [-0.1, -0.05) is 18.2 Å². The van der Waals surface area contributed by atoms with E-state index in [0.29, 0.717) is 13.0 Å². The second-order valence-electron chi connectivity index (χ2n) is 3.62. The fourth-order valence-corrected chi connectivity index (χ4v) is 1.61. The van der Waals surface area contributed by atoms with E-state index in [-0.39, 0.29) is 5.82 Å². The second kappa shape index (κ2) is 4.86. The number of aromatic nitrogens is 1. The molecule has 2 rings (SSSR count). The van der Waals surface area contributed by atoms with Gasteiger partial charge in [0.15, 0.2) is 0 Å². The highest BCUT2D eigenvalue weighted by molar-refractivity contribution is 5.27. The molecule has 0 fully saturated rings. The molecule has 0 bridgehead atoms. The first-order valence-corrected chi connectivity index (χ1v) is 5.17. The predicted octanol–water partition coefficient (Wildman–Crippen LogP) is 2.27. The molecule has 2 nitrogen and oxygen atoms in total. The van der Waals surface area contributed by atoms with Gasteiger partial charge in [0.2, 0.25) is 0 Å². The Hall–Kier alpha value is -1.74. The topological polar surface area (TPSA) is 38.9 Å². The van der Waals surface area contributed by atoms with Gasteiger partial charge in [0.1, 0.15) is 5.82 Å². The number of pyridine rings is 1. The van der Waals surface area contributed by atoms with E-state index < -0.39 is 0 Å². The van der Waals surface area contributed by atoms with Crippen molar-refractivity contribution in [1.29, 1.82) is 0 Å². The summed E-state index contributed by atoms with van der Waals surface area (Å²) in [6.45, 7) is 0.477. The molecule has 1 aromatic heterocycles.